The summed E-state index contributed by atoms with van der Waals surface area (Å²) in [4.78, 5) is 23.0. The number of likely N-dealkylation sites (N-methyl/N-ethyl adjacent to an activating group) is 1. The van der Waals surface area contributed by atoms with Gasteiger partial charge in [0.05, 0.1) is 11.1 Å². The average molecular weight is 258 g/mol. The van der Waals surface area contributed by atoms with Gasteiger partial charge in [0, 0.05) is 12.7 Å². The molecule has 7 nitrogen and oxygen atoms in total. The molecule has 96 valence electrons. The Hall–Kier alpha value is -3.06. The second-order valence-corrected chi connectivity index (χ2v) is 3.66. The van der Waals surface area contributed by atoms with E-state index in [1.165, 1.54) is 25.2 Å². The van der Waals surface area contributed by atoms with E-state index in [1.54, 1.807) is 0 Å². The number of urea groups is 1. The Morgan fingerprint density at radius 2 is 1.95 bits per heavy atom. The number of hydrogen-bond acceptors (Lipinski definition) is 4. The van der Waals surface area contributed by atoms with Crippen LogP contribution in [0.25, 0.3) is 0 Å². The summed E-state index contributed by atoms with van der Waals surface area (Å²) < 4.78 is 0. The van der Waals surface area contributed by atoms with Crippen molar-refractivity contribution in [2.24, 2.45) is 0 Å². The third kappa shape index (κ3) is 3.72. The zero-order valence-corrected chi connectivity index (χ0v) is 10.0. The van der Waals surface area contributed by atoms with E-state index in [9.17, 15) is 9.59 Å². The number of carbonyl (C=O) groups excluding carboxylic acids is 1. The summed E-state index contributed by atoms with van der Waals surface area (Å²) in [6, 6.07) is 7.30. The van der Waals surface area contributed by atoms with Gasteiger partial charge in [-0.15, -0.1) is 0 Å². The SMILES string of the molecule is CN(CC(=O)O)C(=O)Nc1ccc(C#N)c(C#N)c1. The number of anilines is 1. The van der Waals surface area contributed by atoms with E-state index in [-0.39, 0.29) is 11.1 Å². The minimum atomic E-state index is -1.13. The molecule has 19 heavy (non-hydrogen) atoms. The molecule has 0 atom stereocenters. The van der Waals surface area contributed by atoms with Crippen LogP contribution in [0.4, 0.5) is 10.5 Å². The zero-order valence-electron chi connectivity index (χ0n) is 10.0. The normalized spacial score (nSPS) is 9.00. The first kappa shape index (κ1) is 14.0. The molecule has 0 radical (unpaired) electrons. The third-order valence-electron chi connectivity index (χ3n) is 2.23. The van der Waals surface area contributed by atoms with Crippen molar-refractivity contribution >= 4 is 17.7 Å². The monoisotopic (exact) mass is 258 g/mol. The van der Waals surface area contributed by atoms with Gasteiger partial charge in [-0.2, -0.15) is 10.5 Å². The Bertz CT molecular complexity index is 598. The lowest BCUT2D eigenvalue weighted by atomic mass is 10.1. The topological polar surface area (TPSA) is 117 Å². The lowest BCUT2D eigenvalue weighted by Crippen LogP contribution is -2.35. The van der Waals surface area contributed by atoms with Gasteiger partial charge in [-0.1, -0.05) is 0 Å². The molecular formula is C12H10N4O3. The van der Waals surface area contributed by atoms with E-state index in [2.05, 4.69) is 5.32 Å². The van der Waals surface area contributed by atoms with Crippen LogP contribution in [0.5, 0.6) is 0 Å². The lowest BCUT2D eigenvalue weighted by Gasteiger charge is -2.15. The summed E-state index contributed by atoms with van der Waals surface area (Å²) in [6.45, 7) is -0.437. The average Bonchev–Trinajstić information content (AvgIpc) is 2.37. The van der Waals surface area contributed by atoms with E-state index >= 15 is 0 Å². The first-order valence-electron chi connectivity index (χ1n) is 5.16. The fraction of sp³-hybridized carbons (Fsp3) is 0.167. The maximum Gasteiger partial charge on any atom is 0.323 e. The predicted octanol–water partition coefficient (Wildman–Crippen LogP) is 0.978. The predicted molar refractivity (Wildman–Crippen MR) is 65.2 cm³/mol. The van der Waals surface area contributed by atoms with Gasteiger partial charge in [0.25, 0.3) is 0 Å². The van der Waals surface area contributed by atoms with Crippen LogP contribution < -0.4 is 5.32 Å². The largest absolute Gasteiger partial charge is 0.480 e. The second-order valence-electron chi connectivity index (χ2n) is 3.66. The van der Waals surface area contributed by atoms with Crippen molar-refractivity contribution in [3.63, 3.8) is 0 Å². The first-order valence-corrected chi connectivity index (χ1v) is 5.16. The highest BCUT2D eigenvalue weighted by Gasteiger charge is 2.12. The molecule has 0 aliphatic rings. The number of nitrogens with zero attached hydrogens (tertiary/aromatic N) is 3. The van der Waals surface area contributed by atoms with Gasteiger partial charge in [-0.25, -0.2) is 4.79 Å². The number of carbonyl (C=O) groups is 2. The molecule has 0 aromatic heterocycles. The van der Waals surface area contributed by atoms with E-state index in [1.807, 2.05) is 12.1 Å². The molecule has 7 heteroatoms. The second kappa shape index (κ2) is 6.03. The van der Waals surface area contributed by atoms with E-state index < -0.39 is 18.5 Å². The van der Waals surface area contributed by atoms with Crippen molar-refractivity contribution in [2.45, 2.75) is 0 Å². The Morgan fingerprint density at radius 3 is 2.47 bits per heavy atom. The quantitative estimate of drug-likeness (QED) is 0.837. The van der Waals surface area contributed by atoms with Gasteiger partial charge < -0.3 is 15.3 Å². The van der Waals surface area contributed by atoms with E-state index in [4.69, 9.17) is 15.6 Å². The minimum absolute atomic E-state index is 0.140. The molecule has 0 saturated heterocycles. The molecule has 1 aromatic carbocycles. The van der Waals surface area contributed by atoms with Crippen LogP contribution in [0.3, 0.4) is 0 Å². The molecule has 0 unspecified atom stereocenters. The fourth-order valence-electron chi connectivity index (χ4n) is 1.31. The summed E-state index contributed by atoms with van der Waals surface area (Å²) in [5.74, 6) is -1.13. The molecule has 0 aliphatic heterocycles. The van der Waals surface area contributed by atoms with Crippen molar-refractivity contribution in [2.75, 3.05) is 18.9 Å². The van der Waals surface area contributed by atoms with Crippen LogP contribution in [0.15, 0.2) is 18.2 Å². The van der Waals surface area contributed by atoms with Crippen LogP contribution >= 0.6 is 0 Å². The number of amides is 2. The molecule has 0 spiro atoms. The van der Waals surface area contributed by atoms with Crippen LogP contribution in [-0.2, 0) is 4.79 Å². The summed E-state index contributed by atoms with van der Waals surface area (Å²) in [6.07, 6.45) is 0. The number of hydrogen-bond donors (Lipinski definition) is 2. The summed E-state index contributed by atoms with van der Waals surface area (Å²) >= 11 is 0. The number of benzene rings is 1. The van der Waals surface area contributed by atoms with Crippen molar-refractivity contribution in [1.29, 1.82) is 10.5 Å². The van der Waals surface area contributed by atoms with Gasteiger partial charge in [0.2, 0.25) is 0 Å². The zero-order chi connectivity index (χ0) is 14.4. The van der Waals surface area contributed by atoms with Gasteiger partial charge in [0.1, 0.15) is 18.7 Å². The molecule has 2 N–H and O–H groups in total. The molecule has 0 saturated carbocycles. The lowest BCUT2D eigenvalue weighted by molar-refractivity contribution is -0.137. The fourth-order valence-corrected chi connectivity index (χ4v) is 1.31. The highest BCUT2D eigenvalue weighted by molar-refractivity contribution is 5.91. The van der Waals surface area contributed by atoms with Crippen molar-refractivity contribution in [1.82, 2.24) is 4.90 Å². The highest BCUT2D eigenvalue weighted by atomic mass is 16.4. The molecule has 0 aliphatic carbocycles. The maximum absolute atomic E-state index is 11.6. The summed E-state index contributed by atoms with van der Waals surface area (Å²) in [7, 11) is 1.33. The minimum Gasteiger partial charge on any atom is -0.480 e. The summed E-state index contributed by atoms with van der Waals surface area (Å²) in [5.41, 5.74) is 0.665. The molecule has 1 aromatic rings. The first-order chi connectivity index (χ1) is 8.97. The maximum atomic E-state index is 11.6. The third-order valence-corrected chi connectivity index (χ3v) is 2.23. The molecule has 0 fully saturated rings. The standard InChI is InChI=1S/C12H10N4O3/c1-16(7-11(17)18)12(19)15-10-3-2-8(5-13)9(4-10)6-14/h2-4H,7H2,1H3,(H,15,19)(H,17,18). The highest BCUT2D eigenvalue weighted by Crippen LogP contribution is 2.14. The van der Waals surface area contributed by atoms with Crippen LogP contribution in [0.1, 0.15) is 11.1 Å². The van der Waals surface area contributed by atoms with Crippen LogP contribution in [-0.4, -0.2) is 35.6 Å². The van der Waals surface area contributed by atoms with Crippen molar-refractivity contribution in [3.05, 3.63) is 29.3 Å². The van der Waals surface area contributed by atoms with Gasteiger partial charge in [-0.05, 0) is 18.2 Å². The number of carboxylic acids is 1. The van der Waals surface area contributed by atoms with Gasteiger partial charge in [-0.3, -0.25) is 4.79 Å². The van der Waals surface area contributed by atoms with Crippen LogP contribution in [0.2, 0.25) is 0 Å². The van der Waals surface area contributed by atoms with E-state index in [0.717, 1.165) is 4.90 Å². The number of carboxylic acid groups (broad SMARTS) is 1. The Morgan fingerprint density at radius 1 is 1.32 bits per heavy atom. The molecule has 2 amide bonds. The van der Waals surface area contributed by atoms with Gasteiger partial charge >= 0.3 is 12.0 Å². The molecule has 1 rings (SSSR count). The van der Waals surface area contributed by atoms with E-state index in [0.29, 0.717) is 5.69 Å². The molecule has 0 heterocycles. The Kier molecular flexibility index (Phi) is 4.44. The number of rotatable bonds is 3. The van der Waals surface area contributed by atoms with Gasteiger partial charge in [0.15, 0.2) is 0 Å². The number of nitriles is 2. The Labute approximate surface area is 109 Å². The number of nitrogens with one attached hydrogen (secondary N) is 1. The van der Waals surface area contributed by atoms with Crippen molar-refractivity contribution in [3.8, 4) is 12.1 Å². The molecule has 0 bridgehead atoms. The van der Waals surface area contributed by atoms with Crippen LogP contribution in [0, 0.1) is 22.7 Å². The van der Waals surface area contributed by atoms with Crippen molar-refractivity contribution < 1.29 is 14.7 Å². The summed E-state index contributed by atoms with van der Waals surface area (Å²) in [5, 5.41) is 28.6. The Balaban J connectivity index is 2.84. The smallest absolute Gasteiger partial charge is 0.323 e. The molecular weight excluding hydrogens is 248 g/mol. The number of aliphatic carboxylic acids is 1.